The van der Waals surface area contributed by atoms with Crippen LogP contribution in [-0.2, 0) is 14.3 Å². The number of ether oxygens (including phenoxy) is 2. The van der Waals surface area contributed by atoms with Crippen molar-refractivity contribution in [3.8, 4) is 5.75 Å². The van der Waals surface area contributed by atoms with E-state index >= 15 is 0 Å². The lowest BCUT2D eigenvalue weighted by Gasteiger charge is -2.18. The lowest BCUT2D eigenvalue weighted by Crippen LogP contribution is -2.35. The van der Waals surface area contributed by atoms with Crippen molar-refractivity contribution in [2.24, 2.45) is 0 Å². The second-order valence-corrected chi connectivity index (χ2v) is 6.46. The van der Waals surface area contributed by atoms with E-state index < -0.39 is 5.97 Å². The largest absolute Gasteiger partial charge is 0.465 e. The van der Waals surface area contributed by atoms with Crippen LogP contribution in [0.15, 0.2) is 48.0 Å². The number of hydrogen-bond donors (Lipinski definition) is 0. The molecule has 0 aromatic heterocycles. The number of amides is 1. The zero-order valence-electron chi connectivity index (χ0n) is 16.2. The highest BCUT2D eigenvalue weighted by atomic mass is 32.1. The van der Waals surface area contributed by atoms with E-state index in [-0.39, 0.29) is 19.1 Å². The van der Waals surface area contributed by atoms with Crippen molar-refractivity contribution < 1.29 is 19.1 Å². The third-order valence-corrected chi connectivity index (χ3v) is 4.90. The normalized spacial score (nSPS) is 18.9. The Morgan fingerprint density at radius 3 is 2.50 bits per heavy atom. The molecule has 1 saturated heterocycles. The highest BCUT2D eigenvalue weighted by Crippen LogP contribution is 2.38. The van der Waals surface area contributed by atoms with Gasteiger partial charge in [-0.3, -0.25) is 14.5 Å². The summed E-state index contributed by atoms with van der Waals surface area (Å²) in [5.74, 6) is 0.697. The van der Waals surface area contributed by atoms with Crippen LogP contribution in [0, 0.1) is 0 Å². The van der Waals surface area contributed by atoms with Crippen molar-refractivity contribution in [1.82, 2.24) is 9.80 Å². The zero-order chi connectivity index (χ0) is 20.3. The molecule has 1 fully saturated rings. The van der Waals surface area contributed by atoms with Crippen LogP contribution in [0.3, 0.4) is 0 Å². The number of nitrogens with zero attached hydrogens (tertiary/aromatic N) is 3. The van der Waals surface area contributed by atoms with Crippen LogP contribution >= 0.6 is 12.2 Å². The minimum absolute atomic E-state index is 0.109. The summed E-state index contributed by atoms with van der Waals surface area (Å²) in [5, 5.41) is 0.299. The maximum Gasteiger partial charge on any atom is 0.326 e. The van der Waals surface area contributed by atoms with Crippen molar-refractivity contribution in [2.45, 2.75) is 20.8 Å². The summed E-state index contributed by atoms with van der Waals surface area (Å²) in [5.41, 5.74) is 1.30. The van der Waals surface area contributed by atoms with Gasteiger partial charge in [-0.15, -0.1) is 0 Å². The predicted molar refractivity (Wildman–Crippen MR) is 110 cm³/mol. The molecular formula is C20H23N3O4S. The molecule has 2 aliphatic rings. The molecule has 2 heterocycles. The van der Waals surface area contributed by atoms with Crippen LogP contribution < -0.4 is 9.64 Å². The zero-order valence-corrected chi connectivity index (χ0v) is 17.0. The highest BCUT2D eigenvalue weighted by Gasteiger charge is 2.38. The number of esters is 1. The summed E-state index contributed by atoms with van der Waals surface area (Å²) in [6, 6.07) is 7.74. The summed E-state index contributed by atoms with van der Waals surface area (Å²) in [6.45, 7) is 6.89. The molecule has 0 unspecified atom stereocenters. The van der Waals surface area contributed by atoms with Gasteiger partial charge < -0.3 is 19.3 Å². The first-order valence-electron chi connectivity index (χ1n) is 9.27. The van der Waals surface area contributed by atoms with Gasteiger partial charge in [-0.1, -0.05) is 12.1 Å². The monoisotopic (exact) mass is 401 g/mol. The highest BCUT2D eigenvalue weighted by molar-refractivity contribution is 7.80. The van der Waals surface area contributed by atoms with Crippen LogP contribution in [0.25, 0.3) is 0 Å². The molecule has 148 valence electrons. The van der Waals surface area contributed by atoms with E-state index in [0.717, 1.165) is 11.4 Å². The molecule has 0 N–H and O–H groups in total. The summed E-state index contributed by atoms with van der Waals surface area (Å²) >= 11 is 5.39. The van der Waals surface area contributed by atoms with Crippen molar-refractivity contribution in [2.75, 3.05) is 31.1 Å². The summed E-state index contributed by atoms with van der Waals surface area (Å²) in [7, 11) is 0. The molecule has 2 aliphatic heterocycles. The van der Waals surface area contributed by atoms with Gasteiger partial charge in [-0.25, -0.2) is 0 Å². The minimum atomic E-state index is -0.436. The van der Waals surface area contributed by atoms with E-state index in [1.165, 1.54) is 9.80 Å². The number of para-hydroxylation sites is 2. The fourth-order valence-corrected chi connectivity index (χ4v) is 3.55. The van der Waals surface area contributed by atoms with Crippen LogP contribution in [-0.4, -0.2) is 53.0 Å². The first-order valence-corrected chi connectivity index (χ1v) is 9.67. The van der Waals surface area contributed by atoms with Crippen LogP contribution in [0.1, 0.15) is 20.8 Å². The summed E-state index contributed by atoms with van der Waals surface area (Å²) in [4.78, 5) is 29.7. The average Bonchev–Trinajstić information content (AvgIpc) is 3.15. The van der Waals surface area contributed by atoms with Gasteiger partial charge in [0.25, 0.3) is 5.91 Å². The van der Waals surface area contributed by atoms with E-state index in [0.29, 0.717) is 29.8 Å². The Balaban J connectivity index is 1.91. The van der Waals surface area contributed by atoms with E-state index in [1.807, 2.05) is 43.0 Å². The van der Waals surface area contributed by atoms with Gasteiger partial charge in [0.1, 0.15) is 12.2 Å². The number of likely N-dealkylation sites (N-methyl/N-ethyl adjacent to an activating group) is 1. The average molecular weight is 401 g/mol. The smallest absolute Gasteiger partial charge is 0.326 e. The lowest BCUT2D eigenvalue weighted by molar-refractivity contribution is -0.143. The third-order valence-electron chi connectivity index (χ3n) is 4.46. The van der Waals surface area contributed by atoms with Gasteiger partial charge in [-0.2, -0.15) is 0 Å². The Labute approximate surface area is 169 Å². The number of thiocarbonyl (C=S) groups is 1. The molecule has 1 amide bonds. The molecule has 8 heteroatoms. The molecular weight excluding hydrogens is 378 g/mol. The number of benzene rings is 1. The van der Waals surface area contributed by atoms with Crippen molar-refractivity contribution in [1.29, 1.82) is 0 Å². The molecule has 28 heavy (non-hydrogen) atoms. The first kappa shape index (κ1) is 19.9. The van der Waals surface area contributed by atoms with E-state index in [2.05, 4.69) is 0 Å². The number of carbonyl (C=O) groups excluding carboxylic acids is 2. The van der Waals surface area contributed by atoms with Gasteiger partial charge in [0.2, 0.25) is 5.88 Å². The third kappa shape index (κ3) is 3.60. The second-order valence-electron chi connectivity index (χ2n) is 6.09. The van der Waals surface area contributed by atoms with Crippen LogP contribution in [0.4, 0.5) is 5.69 Å². The van der Waals surface area contributed by atoms with Gasteiger partial charge in [-0.05, 0) is 51.2 Å². The topological polar surface area (TPSA) is 62.3 Å². The lowest BCUT2D eigenvalue weighted by atomic mass is 10.3. The molecule has 0 spiro atoms. The maximum atomic E-state index is 12.8. The molecule has 1 aromatic rings. The molecule has 0 atom stereocenters. The van der Waals surface area contributed by atoms with Gasteiger partial charge in [0, 0.05) is 19.2 Å². The molecule has 0 bridgehead atoms. The molecule has 0 saturated carbocycles. The molecule has 0 radical (unpaired) electrons. The number of carbonyl (C=O) groups is 2. The Morgan fingerprint density at radius 1 is 1.11 bits per heavy atom. The fraction of sp³-hybridized carbons (Fsp3) is 0.350. The van der Waals surface area contributed by atoms with E-state index in [1.54, 1.807) is 19.1 Å². The number of hydrogen-bond acceptors (Lipinski definition) is 6. The Morgan fingerprint density at radius 2 is 1.82 bits per heavy atom. The first-order chi connectivity index (χ1) is 13.5. The van der Waals surface area contributed by atoms with Crippen LogP contribution in [0.5, 0.6) is 5.75 Å². The van der Waals surface area contributed by atoms with E-state index in [4.69, 9.17) is 21.7 Å². The van der Waals surface area contributed by atoms with E-state index in [9.17, 15) is 9.59 Å². The predicted octanol–water partition coefficient (Wildman–Crippen LogP) is 2.64. The van der Waals surface area contributed by atoms with Crippen LogP contribution in [0.2, 0.25) is 0 Å². The minimum Gasteiger partial charge on any atom is -0.465 e. The standard InChI is InChI=1S/C20H23N3O4S/c1-4-21-14-9-7-8-10-16(14)27-17(21)12-11-15-19(25)22(5-2)20(28)23(15)13-18(24)26-6-3/h7-12H,4-6,13H2,1-3H3/b15-11+,17-12-. The number of allylic oxidation sites excluding steroid dienone is 2. The molecule has 3 rings (SSSR count). The quantitative estimate of drug-likeness (QED) is 0.413. The SMILES string of the molecule is CCOC(=O)CN1C(=S)N(CC)C(=O)/C1=C\C=C1/Oc2ccccc2N1CC. The van der Waals surface area contributed by atoms with Gasteiger partial charge in [0.15, 0.2) is 10.9 Å². The second kappa shape index (κ2) is 8.43. The van der Waals surface area contributed by atoms with Crippen molar-refractivity contribution in [3.05, 3.63) is 48.0 Å². The summed E-state index contributed by atoms with van der Waals surface area (Å²) < 4.78 is 10.9. The van der Waals surface area contributed by atoms with Gasteiger partial charge in [0.05, 0.1) is 12.3 Å². The van der Waals surface area contributed by atoms with Gasteiger partial charge >= 0.3 is 5.97 Å². The Kier molecular flexibility index (Phi) is 5.99. The molecule has 1 aromatic carbocycles. The van der Waals surface area contributed by atoms with Crippen molar-refractivity contribution in [3.63, 3.8) is 0 Å². The Bertz CT molecular complexity index is 865. The summed E-state index contributed by atoms with van der Waals surface area (Å²) in [6.07, 6.45) is 3.38. The fourth-order valence-electron chi connectivity index (χ4n) is 3.17. The molecule has 0 aliphatic carbocycles. The Hall–Kier alpha value is -2.87. The van der Waals surface area contributed by atoms with Crippen molar-refractivity contribution >= 4 is 34.9 Å². The number of anilines is 1. The number of rotatable bonds is 6. The maximum absolute atomic E-state index is 12.8. The molecule has 7 nitrogen and oxygen atoms in total. The number of fused-ring (bicyclic) bond motifs is 1.